The van der Waals surface area contributed by atoms with Gasteiger partial charge in [-0.2, -0.15) is 0 Å². The third kappa shape index (κ3) is 2.75. The molecular weight excluding hydrogens is 234 g/mol. The molecule has 1 aliphatic rings. The first-order valence-electron chi connectivity index (χ1n) is 6.26. The Morgan fingerprint density at radius 3 is 2.67 bits per heavy atom. The summed E-state index contributed by atoms with van der Waals surface area (Å²) in [5.41, 5.74) is 3.76. The van der Waals surface area contributed by atoms with Gasteiger partial charge >= 0.3 is 0 Å². The molecule has 0 aromatic carbocycles. The van der Waals surface area contributed by atoms with Crippen molar-refractivity contribution in [3.05, 3.63) is 0 Å². The highest BCUT2D eigenvalue weighted by Gasteiger charge is 2.42. The average Bonchev–Trinajstić information content (AvgIpc) is 2.34. The monoisotopic (exact) mass is 257 g/mol. The zero-order valence-corrected chi connectivity index (χ0v) is 11.3. The van der Waals surface area contributed by atoms with Crippen LogP contribution in [0.5, 0.6) is 0 Å². The van der Waals surface area contributed by atoms with Gasteiger partial charge in [-0.1, -0.05) is 12.1 Å². The molecule has 0 aromatic rings. The van der Waals surface area contributed by atoms with Crippen LogP contribution in [0.25, 0.3) is 0 Å². The fourth-order valence-corrected chi connectivity index (χ4v) is 2.29. The number of hydrogen-bond acceptors (Lipinski definition) is 4. The van der Waals surface area contributed by atoms with Crippen LogP contribution in [0, 0.1) is 5.41 Å². The van der Waals surface area contributed by atoms with Crippen molar-refractivity contribution in [2.75, 3.05) is 13.1 Å². The summed E-state index contributed by atoms with van der Waals surface area (Å²) in [7, 11) is 0. The molecular formula is C12H23N3O3. The molecule has 0 bridgehead atoms. The summed E-state index contributed by atoms with van der Waals surface area (Å²) in [6.07, 6.45) is 1.89. The van der Waals surface area contributed by atoms with E-state index in [4.69, 9.17) is 10.9 Å². The standard InChI is InChI=1S/C12H23N3O3/c1-4-12(3,9(13)14-18)10(16)15-7-5-6-11(2,17)8-15/h17-18H,4-8H2,1-3H3,(H2,13,14). The summed E-state index contributed by atoms with van der Waals surface area (Å²) >= 11 is 0. The van der Waals surface area contributed by atoms with Crippen LogP contribution in [0.2, 0.25) is 0 Å². The first kappa shape index (κ1) is 14.8. The molecule has 0 aliphatic carbocycles. The Morgan fingerprint density at radius 2 is 2.22 bits per heavy atom. The SMILES string of the molecule is CCC(C)(C(=O)N1CCCC(C)(O)C1)C(N)=NO. The summed E-state index contributed by atoms with van der Waals surface area (Å²) in [6.45, 7) is 6.09. The number of amides is 1. The number of nitrogens with two attached hydrogens (primary N) is 1. The highest BCUT2D eigenvalue weighted by Crippen LogP contribution is 2.28. The van der Waals surface area contributed by atoms with Crippen LogP contribution in [-0.2, 0) is 4.79 Å². The lowest BCUT2D eigenvalue weighted by Gasteiger charge is -2.40. The van der Waals surface area contributed by atoms with Crippen molar-refractivity contribution < 1.29 is 15.1 Å². The summed E-state index contributed by atoms with van der Waals surface area (Å²) in [4.78, 5) is 14.1. The molecule has 1 amide bonds. The van der Waals surface area contributed by atoms with Gasteiger partial charge in [0.1, 0.15) is 5.41 Å². The number of piperidine rings is 1. The van der Waals surface area contributed by atoms with Gasteiger partial charge in [-0.15, -0.1) is 0 Å². The fourth-order valence-electron chi connectivity index (χ4n) is 2.29. The number of rotatable bonds is 3. The normalized spacial score (nSPS) is 28.9. The zero-order chi connectivity index (χ0) is 14.0. The maximum absolute atomic E-state index is 12.5. The van der Waals surface area contributed by atoms with Crippen molar-refractivity contribution in [2.24, 2.45) is 16.3 Å². The van der Waals surface area contributed by atoms with Crippen LogP contribution in [0.3, 0.4) is 0 Å². The number of aliphatic hydroxyl groups is 1. The molecule has 104 valence electrons. The smallest absolute Gasteiger partial charge is 0.236 e. The summed E-state index contributed by atoms with van der Waals surface area (Å²) in [6, 6.07) is 0. The highest BCUT2D eigenvalue weighted by molar-refractivity contribution is 6.06. The van der Waals surface area contributed by atoms with Crippen LogP contribution >= 0.6 is 0 Å². The number of hydrogen-bond donors (Lipinski definition) is 3. The van der Waals surface area contributed by atoms with E-state index in [-0.39, 0.29) is 11.7 Å². The first-order chi connectivity index (χ1) is 8.27. The topological polar surface area (TPSA) is 99.2 Å². The third-order valence-electron chi connectivity index (χ3n) is 3.81. The Kier molecular flexibility index (Phi) is 4.21. The molecule has 6 heteroatoms. The van der Waals surface area contributed by atoms with Crippen molar-refractivity contribution in [3.8, 4) is 0 Å². The molecule has 1 fully saturated rings. The Balaban J connectivity index is 2.91. The van der Waals surface area contributed by atoms with Gasteiger partial charge in [0.2, 0.25) is 5.91 Å². The highest BCUT2D eigenvalue weighted by atomic mass is 16.4. The van der Waals surface area contributed by atoms with Crippen LogP contribution < -0.4 is 5.73 Å². The largest absolute Gasteiger partial charge is 0.409 e. The summed E-state index contributed by atoms with van der Waals surface area (Å²) in [5, 5.41) is 21.8. The van der Waals surface area contributed by atoms with E-state index in [1.165, 1.54) is 0 Å². The molecule has 18 heavy (non-hydrogen) atoms. The number of likely N-dealkylation sites (tertiary alicyclic amines) is 1. The molecule has 0 saturated carbocycles. The van der Waals surface area contributed by atoms with Gasteiger partial charge in [-0.05, 0) is 33.1 Å². The average molecular weight is 257 g/mol. The summed E-state index contributed by atoms with van der Waals surface area (Å²) < 4.78 is 0. The van der Waals surface area contributed by atoms with Crippen molar-refractivity contribution in [2.45, 2.75) is 45.6 Å². The Hall–Kier alpha value is -1.30. The van der Waals surface area contributed by atoms with Gasteiger partial charge in [0.15, 0.2) is 5.84 Å². The van der Waals surface area contributed by atoms with Gasteiger partial charge in [-0.3, -0.25) is 4.79 Å². The molecule has 1 saturated heterocycles. The van der Waals surface area contributed by atoms with Gasteiger partial charge < -0.3 is 20.9 Å². The van der Waals surface area contributed by atoms with Gasteiger partial charge in [0.25, 0.3) is 0 Å². The lowest BCUT2D eigenvalue weighted by atomic mass is 9.83. The molecule has 4 N–H and O–H groups in total. The zero-order valence-electron chi connectivity index (χ0n) is 11.3. The van der Waals surface area contributed by atoms with E-state index < -0.39 is 11.0 Å². The van der Waals surface area contributed by atoms with Crippen LogP contribution in [0.15, 0.2) is 5.16 Å². The number of nitrogens with zero attached hydrogens (tertiary/aromatic N) is 2. The third-order valence-corrected chi connectivity index (χ3v) is 3.81. The van der Waals surface area contributed by atoms with Crippen molar-refractivity contribution in [1.82, 2.24) is 4.90 Å². The number of amidine groups is 1. The van der Waals surface area contributed by atoms with E-state index in [1.807, 2.05) is 6.92 Å². The van der Waals surface area contributed by atoms with Crippen LogP contribution in [0.1, 0.15) is 40.0 Å². The van der Waals surface area contributed by atoms with Crippen LogP contribution in [-0.4, -0.2) is 45.6 Å². The minimum Gasteiger partial charge on any atom is -0.409 e. The first-order valence-corrected chi connectivity index (χ1v) is 6.26. The molecule has 0 aromatic heterocycles. The molecule has 2 atom stereocenters. The molecule has 1 rings (SSSR count). The molecule has 1 heterocycles. The number of carbonyl (C=O) groups is 1. The van der Waals surface area contributed by atoms with E-state index in [1.54, 1.807) is 18.7 Å². The predicted molar refractivity (Wildman–Crippen MR) is 68.2 cm³/mol. The second kappa shape index (κ2) is 5.14. The van der Waals surface area contributed by atoms with Gasteiger partial charge in [0.05, 0.1) is 5.60 Å². The Morgan fingerprint density at radius 1 is 1.61 bits per heavy atom. The van der Waals surface area contributed by atoms with Crippen molar-refractivity contribution in [1.29, 1.82) is 0 Å². The van der Waals surface area contributed by atoms with E-state index in [9.17, 15) is 9.90 Å². The fraction of sp³-hybridized carbons (Fsp3) is 0.833. The maximum Gasteiger partial charge on any atom is 0.236 e. The molecule has 0 spiro atoms. The van der Waals surface area contributed by atoms with Crippen molar-refractivity contribution in [3.63, 3.8) is 0 Å². The second-order valence-electron chi connectivity index (χ2n) is 5.50. The quantitative estimate of drug-likeness (QED) is 0.297. The van der Waals surface area contributed by atoms with E-state index in [2.05, 4.69) is 5.16 Å². The minimum atomic E-state index is -1.01. The van der Waals surface area contributed by atoms with E-state index in [0.29, 0.717) is 25.9 Å². The maximum atomic E-state index is 12.5. The van der Waals surface area contributed by atoms with E-state index in [0.717, 1.165) is 6.42 Å². The molecule has 6 nitrogen and oxygen atoms in total. The molecule has 1 aliphatic heterocycles. The summed E-state index contributed by atoms with van der Waals surface area (Å²) in [5.74, 6) is -0.277. The second-order valence-corrected chi connectivity index (χ2v) is 5.50. The lowest BCUT2D eigenvalue weighted by Crippen LogP contribution is -2.55. The Labute approximate surface area is 107 Å². The number of oxime groups is 1. The minimum absolute atomic E-state index is 0.0831. The number of β-amino-alcohol motifs (C(OH)–C–C–N with tert-alkyl or cyclic N) is 1. The predicted octanol–water partition coefficient (Wildman–Crippen LogP) is 0.523. The van der Waals surface area contributed by atoms with Crippen LogP contribution in [0.4, 0.5) is 0 Å². The lowest BCUT2D eigenvalue weighted by molar-refractivity contribution is -0.144. The van der Waals surface area contributed by atoms with Crippen molar-refractivity contribution >= 4 is 11.7 Å². The number of carbonyl (C=O) groups excluding carboxylic acids is 1. The van der Waals surface area contributed by atoms with Gasteiger partial charge in [0, 0.05) is 13.1 Å². The van der Waals surface area contributed by atoms with E-state index >= 15 is 0 Å². The van der Waals surface area contributed by atoms with Gasteiger partial charge in [-0.25, -0.2) is 0 Å². The molecule has 2 unspecified atom stereocenters. The molecule has 0 radical (unpaired) electrons. The Bertz CT molecular complexity index is 354.